The third kappa shape index (κ3) is 2.97. The van der Waals surface area contributed by atoms with Crippen molar-refractivity contribution in [3.8, 4) is 0 Å². The van der Waals surface area contributed by atoms with Gasteiger partial charge in [0.1, 0.15) is 11.6 Å². The van der Waals surface area contributed by atoms with E-state index in [0.717, 1.165) is 17.7 Å². The fraction of sp³-hybridized carbons (Fsp3) is 0.278. The molecule has 120 valence electrons. The lowest BCUT2D eigenvalue weighted by molar-refractivity contribution is -0.133. The molecule has 0 aliphatic carbocycles. The number of hydrogen-bond acceptors (Lipinski definition) is 2. The van der Waals surface area contributed by atoms with E-state index in [2.05, 4.69) is 0 Å². The van der Waals surface area contributed by atoms with Gasteiger partial charge in [0, 0.05) is 25.2 Å². The van der Waals surface area contributed by atoms with Gasteiger partial charge in [0.15, 0.2) is 0 Å². The Kier molecular flexibility index (Phi) is 4.39. The second-order valence-electron chi connectivity index (χ2n) is 5.70. The average molecular weight is 316 g/mol. The van der Waals surface area contributed by atoms with Crippen molar-refractivity contribution in [2.24, 2.45) is 5.73 Å². The lowest BCUT2D eigenvalue weighted by Crippen LogP contribution is -2.41. The third-order valence-corrected chi connectivity index (χ3v) is 4.34. The predicted molar refractivity (Wildman–Crippen MR) is 83.7 cm³/mol. The van der Waals surface area contributed by atoms with Crippen LogP contribution in [0.1, 0.15) is 22.6 Å². The number of halogens is 2. The van der Waals surface area contributed by atoms with Crippen molar-refractivity contribution in [3.63, 3.8) is 0 Å². The highest BCUT2D eigenvalue weighted by Crippen LogP contribution is 2.27. The highest BCUT2D eigenvalue weighted by Gasteiger charge is 2.29. The number of nitrogens with zero attached hydrogens (tertiary/aromatic N) is 1. The lowest BCUT2D eigenvalue weighted by atomic mass is 9.94. The van der Waals surface area contributed by atoms with Gasteiger partial charge >= 0.3 is 0 Å². The molecule has 2 N–H and O–H groups in total. The summed E-state index contributed by atoms with van der Waals surface area (Å²) in [6.07, 6.45) is 0.316. The topological polar surface area (TPSA) is 46.3 Å². The number of benzene rings is 2. The Hall–Kier alpha value is -2.27. The van der Waals surface area contributed by atoms with Crippen LogP contribution in [0.15, 0.2) is 42.5 Å². The number of carbonyl (C=O) groups excluding carboxylic acids is 1. The van der Waals surface area contributed by atoms with Gasteiger partial charge in [0.25, 0.3) is 0 Å². The van der Waals surface area contributed by atoms with Crippen LogP contribution in [0.5, 0.6) is 0 Å². The van der Waals surface area contributed by atoms with Crippen molar-refractivity contribution in [2.75, 3.05) is 13.1 Å². The van der Waals surface area contributed by atoms with Gasteiger partial charge in [-0.3, -0.25) is 4.79 Å². The normalized spacial score (nSPS) is 15.2. The van der Waals surface area contributed by atoms with Crippen molar-refractivity contribution in [2.45, 2.75) is 18.9 Å². The molecule has 0 fully saturated rings. The van der Waals surface area contributed by atoms with Gasteiger partial charge in [-0.2, -0.15) is 0 Å². The third-order valence-electron chi connectivity index (χ3n) is 4.34. The molecule has 0 spiro atoms. The second-order valence-corrected chi connectivity index (χ2v) is 5.70. The van der Waals surface area contributed by atoms with Gasteiger partial charge in [-0.25, -0.2) is 8.78 Å². The molecule has 3 rings (SSSR count). The van der Waals surface area contributed by atoms with E-state index in [1.807, 2.05) is 30.3 Å². The molecule has 0 radical (unpaired) electrons. The Bertz CT molecular complexity index is 718. The summed E-state index contributed by atoms with van der Waals surface area (Å²) >= 11 is 0. The minimum atomic E-state index is -0.470. The summed E-state index contributed by atoms with van der Waals surface area (Å²) in [5.41, 5.74) is 7.26. The Morgan fingerprint density at radius 2 is 1.74 bits per heavy atom. The zero-order chi connectivity index (χ0) is 16.4. The highest BCUT2D eigenvalue weighted by atomic mass is 19.1. The quantitative estimate of drug-likeness (QED) is 0.946. The van der Waals surface area contributed by atoms with Gasteiger partial charge in [0.2, 0.25) is 5.91 Å². The lowest BCUT2D eigenvalue weighted by Gasteiger charge is -2.32. The average Bonchev–Trinajstić information content (AvgIpc) is 2.59. The van der Waals surface area contributed by atoms with Crippen LogP contribution in [-0.2, 0) is 17.8 Å². The van der Waals surface area contributed by atoms with E-state index >= 15 is 0 Å². The number of amides is 1. The smallest absolute Gasteiger partial charge is 0.231 e. The highest BCUT2D eigenvalue weighted by molar-refractivity contribution is 5.84. The molecule has 5 heteroatoms. The SMILES string of the molecule is NC[C@@H](C(=O)N1CCc2c(F)ccc(F)c2C1)c1ccccc1. The molecule has 2 aromatic rings. The zero-order valence-corrected chi connectivity index (χ0v) is 12.6. The largest absolute Gasteiger partial charge is 0.337 e. The Balaban J connectivity index is 1.85. The number of carbonyl (C=O) groups is 1. The van der Waals surface area contributed by atoms with E-state index in [0.29, 0.717) is 18.5 Å². The molecule has 0 saturated carbocycles. The molecule has 3 nitrogen and oxygen atoms in total. The fourth-order valence-corrected chi connectivity index (χ4v) is 3.07. The molecular formula is C18H18F2N2O. The first-order valence-electron chi connectivity index (χ1n) is 7.61. The van der Waals surface area contributed by atoms with Crippen molar-refractivity contribution in [1.29, 1.82) is 0 Å². The number of hydrogen-bond donors (Lipinski definition) is 1. The van der Waals surface area contributed by atoms with Crippen molar-refractivity contribution >= 4 is 5.91 Å². The van der Waals surface area contributed by atoms with E-state index in [1.165, 1.54) is 0 Å². The Labute approximate surface area is 133 Å². The van der Waals surface area contributed by atoms with Gasteiger partial charge in [-0.1, -0.05) is 30.3 Å². The summed E-state index contributed by atoms with van der Waals surface area (Å²) in [6.45, 7) is 0.633. The number of rotatable bonds is 3. The molecule has 2 aromatic carbocycles. The maximum Gasteiger partial charge on any atom is 0.231 e. The minimum absolute atomic E-state index is 0.0844. The Morgan fingerprint density at radius 1 is 1.09 bits per heavy atom. The fourth-order valence-electron chi connectivity index (χ4n) is 3.07. The van der Waals surface area contributed by atoms with Crippen LogP contribution in [0.25, 0.3) is 0 Å². The van der Waals surface area contributed by atoms with E-state index in [9.17, 15) is 13.6 Å². The van der Waals surface area contributed by atoms with Crippen molar-refractivity contribution in [1.82, 2.24) is 4.90 Å². The predicted octanol–water partition coefficient (Wildman–Crippen LogP) is 2.59. The van der Waals surface area contributed by atoms with Crippen LogP contribution >= 0.6 is 0 Å². The summed E-state index contributed by atoms with van der Waals surface area (Å²) in [4.78, 5) is 14.3. The number of nitrogens with two attached hydrogens (primary N) is 1. The molecule has 1 aliphatic rings. The summed E-state index contributed by atoms with van der Waals surface area (Å²) in [5.74, 6) is -1.49. The van der Waals surface area contributed by atoms with Crippen LogP contribution in [0.3, 0.4) is 0 Å². The van der Waals surface area contributed by atoms with Crippen molar-refractivity contribution in [3.05, 3.63) is 70.8 Å². The molecule has 0 aromatic heterocycles. The molecule has 1 heterocycles. The maximum atomic E-state index is 14.0. The van der Waals surface area contributed by atoms with E-state index < -0.39 is 17.6 Å². The molecular weight excluding hydrogens is 298 g/mol. The summed E-state index contributed by atoms with van der Waals surface area (Å²) in [6, 6.07) is 11.5. The maximum absolute atomic E-state index is 14.0. The van der Waals surface area contributed by atoms with Gasteiger partial charge < -0.3 is 10.6 Å². The van der Waals surface area contributed by atoms with Gasteiger partial charge in [0.05, 0.1) is 5.92 Å². The molecule has 23 heavy (non-hydrogen) atoms. The second kappa shape index (κ2) is 6.46. The first kappa shape index (κ1) is 15.6. The molecule has 1 atom stereocenters. The summed E-state index contributed by atoms with van der Waals surface area (Å²) in [5, 5.41) is 0. The van der Waals surface area contributed by atoms with Crippen LogP contribution in [0.2, 0.25) is 0 Å². The zero-order valence-electron chi connectivity index (χ0n) is 12.6. The first-order valence-corrected chi connectivity index (χ1v) is 7.61. The molecule has 0 bridgehead atoms. The minimum Gasteiger partial charge on any atom is -0.337 e. The van der Waals surface area contributed by atoms with Gasteiger partial charge in [-0.15, -0.1) is 0 Å². The monoisotopic (exact) mass is 316 g/mol. The van der Waals surface area contributed by atoms with Crippen LogP contribution < -0.4 is 5.73 Å². The number of fused-ring (bicyclic) bond motifs is 1. The first-order chi connectivity index (χ1) is 11.1. The molecule has 0 saturated heterocycles. The molecule has 1 amide bonds. The molecule has 1 aliphatic heterocycles. The van der Waals surface area contributed by atoms with Crippen LogP contribution in [0.4, 0.5) is 8.78 Å². The van der Waals surface area contributed by atoms with E-state index in [4.69, 9.17) is 5.73 Å². The standard InChI is InChI=1S/C18H18F2N2O/c19-16-6-7-17(20)15-11-22(9-8-13(15)16)18(23)14(10-21)12-4-2-1-3-5-12/h1-7,14H,8-11,21H2/t14-/m1/s1. The van der Waals surface area contributed by atoms with Crippen LogP contribution in [-0.4, -0.2) is 23.9 Å². The van der Waals surface area contributed by atoms with Gasteiger partial charge in [-0.05, 0) is 29.7 Å². The van der Waals surface area contributed by atoms with E-state index in [1.54, 1.807) is 4.90 Å². The molecule has 0 unspecified atom stereocenters. The van der Waals surface area contributed by atoms with Crippen molar-refractivity contribution < 1.29 is 13.6 Å². The summed E-state index contributed by atoms with van der Waals surface area (Å²) < 4.78 is 27.7. The van der Waals surface area contributed by atoms with Crippen LogP contribution in [0, 0.1) is 11.6 Å². The Morgan fingerprint density at radius 3 is 2.39 bits per heavy atom. The van der Waals surface area contributed by atoms with E-state index in [-0.39, 0.29) is 24.6 Å². The summed E-state index contributed by atoms with van der Waals surface area (Å²) in [7, 11) is 0.